The number of benzene rings is 2. The zero-order chi connectivity index (χ0) is 21.2. The first-order valence-electron chi connectivity index (χ1n) is 8.60. The smallest absolute Gasteiger partial charge is 0.308 e. The molecule has 0 fully saturated rings. The van der Waals surface area contributed by atoms with E-state index in [1.54, 1.807) is 18.2 Å². The molecular weight excluding hydrogens is 417 g/mol. The number of nitroso groups, excluding NO2 is 1. The van der Waals surface area contributed by atoms with Gasteiger partial charge in [-0.1, -0.05) is 23.2 Å². The minimum absolute atomic E-state index is 0.111. The van der Waals surface area contributed by atoms with Gasteiger partial charge in [0, 0.05) is 18.8 Å². The Morgan fingerprint density at radius 1 is 1.14 bits per heavy atom. The van der Waals surface area contributed by atoms with Gasteiger partial charge in [0.2, 0.25) is 0 Å². The van der Waals surface area contributed by atoms with Crippen molar-refractivity contribution in [3.05, 3.63) is 51.4 Å². The number of hydrogen-bond acceptors (Lipinski definition) is 8. The molecule has 0 aliphatic rings. The highest BCUT2D eigenvalue weighted by atomic mass is 35.5. The summed E-state index contributed by atoms with van der Waals surface area (Å²) in [6.07, 6.45) is 0.180. The van der Waals surface area contributed by atoms with Crippen LogP contribution in [0.25, 0.3) is 0 Å². The standard InChI is InChI=1S/C19H17Cl2N5O3/c1-2-26(9-7-18(27)29-10-8-22)15-5-3-13(4-6-15)23-24-19-16(20)11-14(25-28)12-17(19)21/h3-6,11-12H,2,7,9-10H2,1H3. The molecule has 0 atom stereocenters. The van der Waals surface area contributed by atoms with Gasteiger partial charge in [-0.2, -0.15) is 10.4 Å². The summed E-state index contributed by atoms with van der Waals surface area (Å²) in [5.74, 6) is -0.417. The van der Waals surface area contributed by atoms with Crippen molar-refractivity contribution in [3.8, 4) is 6.07 Å². The predicted molar refractivity (Wildman–Crippen MR) is 112 cm³/mol. The van der Waals surface area contributed by atoms with E-state index in [0.29, 0.717) is 18.8 Å². The van der Waals surface area contributed by atoms with Crippen LogP contribution in [0.3, 0.4) is 0 Å². The molecule has 0 radical (unpaired) electrons. The van der Waals surface area contributed by atoms with Crippen LogP contribution < -0.4 is 4.90 Å². The zero-order valence-electron chi connectivity index (χ0n) is 15.5. The van der Waals surface area contributed by atoms with Crippen molar-refractivity contribution in [2.75, 3.05) is 24.6 Å². The number of ether oxygens (including phenoxy) is 1. The van der Waals surface area contributed by atoms with Gasteiger partial charge in [-0.3, -0.25) is 4.79 Å². The maximum absolute atomic E-state index is 11.6. The van der Waals surface area contributed by atoms with E-state index in [2.05, 4.69) is 15.4 Å². The average Bonchev–Trinajstić information content (AvgIpc) is 2.72. The van der Waals surface area contributed by atoms with Crippen LogP contribution in [0.15, 0.2) is 51.8 Å². The largest absolute Gasteiger partial charge is 0.450 e. The lowest BCUT2D eigenvalue weighted by molar-refractivity contribution is -0.141. The van der Waals surface area contributed by atoms with Crippen molar-refractivity contribution in [2.24, 2.45) is 15.4 Å². The second-order valence-corrected chi connectivity index (χ2v) is 6.53. The van der Waals surface area contributed by atoms with Crippen LogP contribution in [0.5, 0.6) is 0 Å². The monoisotopic (exact) mass is 433 g/mol. The zero-order valence-corrected chi connectivity index (χ0v) is 17.0. The highest BCUT2D eigenvalue weighted by Crippen LogP contribution is 2.38. The van der Waals surface area contributed by atoms with Crippen LogP contribution in [-0.2, 0) is 9.53 Å². The fourth-order valence-electron chi connectivity index (χ4n) is 2.42. The van der Waals surface area contributed by atoms with E-state index in [4.69, 9.17) is 33.2 Å². The lowest BCUT2D eigenvalue weighted by atomic mass is 10.2. The molecule has 10 heteroatoms. The van der Waals surface area contributed by atoms with Crippen LogP contribution in [0.1, 0.15) is 13.3 Å². The molecule has 0 aliphatic heterocycles. The van der Waals surface area contributed by atoms with Gasteiger partial charge in [0.25, 0.3) is 0 Å². The summed E-state index contributed by atoms with van der Waals surface area (Å²) in [5, 5.41) is 19.7. The van der Waals surface area contributed by atoms with Crippen molar-refractivity contribution in [1.29, 1.82) is 5.26 Å². The third-order valence-electron chi connectivity index (χ3n) is 3.85. The summed E-state index contributed by atoms with van der Waals surface area (Å²) in [6.45, 7) is 2.88. The number of anilines is 1. The van der Waals surface area contributed by atoms with E-state index in [1.165, 1.54) is 12.1 Å². The number of nitriles is 1. The normalized spacial score (nSPS) is 10.6. The molecule has 150 valence electrons. The van der Waals surface area contributed by atoms with Gasteiger partial charge in [-0.05, 0) is 48.5 Å². The molecule has 0 aliphatic carbocycles. The van der Waals surface area contributed by atoms with Crippen LogP contribution in [0.4, 0.5) is 22.7 Å². The Bertz CT molecular complexity index is 919. The molecule has 0 N–H and O–H groups in total. The van der Waals surface area contributed by atoms with E-state index in [1.807, 2.05) is 24.0 Å². The lowest BCUT2D eigenvalue weighted by Gasteiger charge is -2.22. The minimum atomic E-state index is -0.417. The maximum Gasteiger partial charge on any atom is 0.308 e. The number of carbonyl (C=O) groups excluding carboxylic acids is 1. The fraction of sp³-hybridized carbons (Fsp3) is 0.263. The summed E-state index contributed by atoms with van der Waals surface area (Å²) >= 11 is 12.1. The highest BCUT2D eigenvalue weighted by Gasteiger charge is 2.10. The Labute approximate surface area is 177 Å². The van der Waals surface area contributed by atoms with Crippen LogP contribution in [0, 0.1) is 16.2 Å². The van der Waals surface area contributed by atoms with Crippen molar-refractivity contribution in [2.45, 2.75) is 13.3 Å². The summed E-state index contributed by atoms with van der Waals surface area (Å²) in [7, 11) is 0. The molecule has 0 amide bonds. The molecule has 2 rings (SSSR count). The number of azo groups is 1. The summed E-state index contributed by atoms with van der Waals surface area (Å²) in [5.41, 5.74) is 1.83. The number of esters is 1. The first-order valence-corrected chi connectivity index (χ1v) is 9.35. The summed E-state index contributed by atoms with van der Waals surface area (Å²) in [6, 6.07) is 11.7. The average molecular weight is 434 g/mol. The quantitative estimate of drug-likeness (QED) is 0.270. The molecule has 29 heavy (non-hydrogen) atoms. The summed E-state index contributed by atoms with van der Waals surface area (Å²) in [4.78, 5) is 24.1. The second kappa shape index (κ2) is 11.1. The first-order chi connectivity index (χ1) is 14.0. The molecule has 2 aromatic carbocycles. The maximum atomic E-state index is 11.6. The van der Waals surface area contributed by atoms with Crippen LogP contribution >= 0.6 is 23.2 Å². The van der Waals surface area contributed by atoms with Crippen LogP contribution in [0.2, 0.25) is 10.0 Å². The van der Waals surface area contributed by atoms with Crippen molar-refractivity contribution in [1.82, 2.24) is 0 Å². The van der Waals surface area contributed by atoms with Crippen molar-refractivity contribution < 1.29 is 9.53 Å². The van der Waals surface area contributed by atoms with Gasteiger partial charge in [0.15, 0.2) is 6.61 Å². The Balaban J connectivity index is 2.06. The number of carbonyl (C=O) groups is 1. The molecule has 0 saturated heterocycles. The van der Waals surface area contributed by atoms with Gasteiger partial charge < -0.3 is 9.64 Å². The van der Waals surface area contributed by atoms with Gasteiger partial charge in [-0.15, -0.1) is 10.0 Å². The SMILES string of the molecule is CCN(CCC(=O)OCC#N)c1ccc(N=Nc2c(Cl)cc(N=O)cc2Cl)cc1. The second-order valence-electron chi connectivity index (χ2n) is 5.71. The Kier molecular flexibility index (Phi) is 8.52. The topological polar surface area (TPSA) is 107 Å². The predicted octanol–water partition coefficient (Wildman–Crippen LogP) is 6.09. The molecule has 2 aromatic rings. The highest BCUT2D eigenvalue weighted by molar-refractivity contribution is 6.39. The van der Waals surface area contributed by atoms with Crippen molar-refractivity contribution in [3.63, 3.8) is 0 Å². The third-order valence-corrected chi connectivity index (χ3v) is 4.43. The fourth-order valence-corrected chi connectivity index (χ4v) is 2.97. The van der Waals surface area contributed by atoms with Gasteiger partial charge in [-0.25, -0.2) is 0 Å². The van der Waals surface area contributed by atoms with Crippen molar-refractivity contribution >= 4 is 51.9 Å². The molecule has 0 spiro atoms. The first kappa shape index (κ1) is 22.3. The molecule has 0 aromatic heterocycles. The number of nitrogens with zero attached hydrogens (tertiary/aromatic N) is 5. The Hall–Kier alpha value is -3.02. The van der Waals surface area contributed by atoms with Gasteiger partial charge in [0.05, 0.1) is 22.2 Å². The molecule has 0 bridgehead atoms. The molecule has 8 nitrogen and oxygen atoms in total. The number of rotatable bonds is 9. The van der Waals surface area contributed by atoms with E-state index >= 15 is 0 Å². The van der Waals surface area contributed by atoms with E-state index in [9.17, 15) is 9.70 Å². The van der Waals surface area contributed by atoms with E-state index in [-0.39, 0.29) is 34.4 Å². The van der Waals surface area contributed by atoms with Crippen LogP contribution in [-0.4, -0.2) is 25.7 Å². The molecule has 0 saturated carbocycles. The summed E-state index contributed by atoms with van der Waals surface area (Å²) < 4.78 is 4.75. The third kappa shape index (κ3) is 6.52. The number of halogens is 2. The van der Waals surface area contributed by atoms with Gasteiger partial charge >= 0.3 is 5.97 Å². The molecule has 0 unspecified atom stereocenters. The molecular formula is C19H17Cl2N5O3. The minimum Gasteiger partial charge on any atom is -0.450 e. The lowest BCUT2D eigenvalue weighted by Crippen LogP contribution is -2.26. The number of hydrogen-bond donors (Lipinski definition) is 0. The Morgan fingerprint density at radius 3 is 2.34 bits per heavy atom. The van der Waals surface area contributed by atoms with E-state index < -0.39 is 5.97 Å². The van der Waals surface area contributed by atoms with E-state index in [0.717, 1.165) is 5.69 Å². The van der Waals surface area contributed by atoms with Gasteiger partial charge in [0.1, 0.15) is 17.4 Å². The molecule has 0 heterocycles. The Morgan fingerprint density at radius 2 is 1.79 bits per heavy atom.